The summed E-state index contributed by atoms with van der Waals surface area (Å²) in [7, 11) is 0. The summed E-state index contributed by atoms with van der Waals surface area (Å²) in [5, 5.41) is 11.5. The molecule has 0 fully saturated rings. The largest absolute Gasteiger partial charge is 0.530 e. The molecule has 1 amide bonds. The zero-order chi connectivity index (χ0) is 16.7. The molecule has 4 nitrogen and oxygen atoms in total. The van der Waals surface area contributed by atoms with E-state index in [0.29, 0.717) is 0 Å². The molecular formula is C15H14F3N2O2-. The maximum atomic E-state index is 12.9. The van der Waals surface area contributed by atoms with Gasteiger partial charge in [-0.15, -0.1) is 0 Å². The van der Waals surface area contributed by atoms with Gasteiger partial charge in [-0.3, -0.25) is 4.98 Å². The number of hydrogen-bond acceptors (Lipinski definition) is 3. The maximum Gasteiger partial charge on any atom is 0.418 e. The molecule has 0 bridgehead atoms. The van der Waals surface area contributed by atoms with Gasteiger partial charge in [0, 0.05) is 10.9 Å². The number of para-hydroxylation sites is 1. The number of carboxylic acid groups (broad SMARTS) is 1. The lowest BCUT2D eigenvalue weighted by Crippen LogP contribution is -2.52. The summed E-state index contributed by atoms with van der Waals surface area (Å²) in [4.78, 5) is 16.1. The second-order valence-electron chi connectivity index (χ2n) is 5.84. The van der Waals surface area contributed by atoms with Crippen molar-refractivity contribution in [2.75, 3.05) is 4.90 Å². The van der Waals surface area contributed by atoms with Crippen molar-refractivity contribution in [3.63, 3.8) is 0 Å². The van der Waals surface area contributed by atoms with Gasteiger partial charge in [0.05, 0.1) is 23.0 Å². The summed E-state index contributed by atoms with van der Waals surface area (Å²) in [5.74, 6) is 0. The normalized spacial score (nSPS) is 12.5. The van der Waals surface area contributed by atoms with Crippen LogP contribution in [0.4, 0.5) is 23.7 Å². The van der Waals surface area contributed by atoms with Crippen LogP contribution in [0.25, 0.3) is 10.9 Å². The number of pyridine rings is 1. The van der Waals surface area contributed by atoms with E-state index in [4.69, 9.17) is 0 Å². The Morgan fingerprint density at radius 1 is 1.23 bits per heavy atom. The lowest BCUT2D eigenvalue weighted by atomic mass is 10.0. The Bertz CT molecular complexity index is 721. The van der Waals surface area contributed by atoms with Crippen LogP contribution in [0.1, 0.15) is 26.3 Å². The van der Waals surface area contributed by atoms with Crippen molar-refractivity contribution >= 4 is 22.7 Å². The molecule has 7 heteroatoms. The van der Waals surface area contributed by atoms with Crippen LogP contribution in [0.15, 0.2) is 30.5 Å². The third kappa shape index (κ3) is 2.98. The fourth-order valence-corrected chi connectivity index (χ4v) is 2.27. The highest BCUT2D eigenvalue weighted by atomic mass is 19.4. The van der Waals surface area contributed by atoms with Gasteiger partial charge in [0.1, 0.15) is 6.09 Å². The van der Waals surface area contributed by atoms with Crippen LogP contribution in [-0.4, -0.2) is 16.6 Å². The Labute approximate surface area is 125 Å². The highest BCUT2D eigenvalue weighted by molar-refractivity contribution is 5.91. The molecule has 0 aliphatic rings. The summed E-state index contributed by atoms with van der Waals surface area (Å²) >= 11 is 0. The van der Waals surface area contributed by atoms with Crippen molar-refractivity contribution in [2.24, 2.45) is 0 Å². The smallest absolute Gasteiger partial charge is 0.418 e. The number of amides is 1. The molecule has 0 radical (unpaired) electrons. The summed E-state index contributed by atoms with van der Waals surface area (Å²) in [6.45, 7) is 4.96. The van der Waals surface area contributed by atoms with E-state index in [1.54, 1.807) is 20.8 Å². The average molecular weight is 311 g/mol. The molecule has 0 unspecified atom stereocenters. The molecular weight excluding hydrogens is 297 g/mol. The molecule has 2 aromatic rings. The first kappa shape index (κ1) is 16.1. The molecule has 1 heterocycles. The second kappa shape index (κ2) is 5.15. The van der Waals surface area contributed by atoms with E-state index in [0.717, 1.165) is 17.2 Å². The number of fused-ring (bicyclic) bond motifs is 1. The first-order chi connectivity index (χ1) is 10.0. The van der Waals surface area contributed by atoms with E-state index in [1.165, 1.54) is 18.2 Å². The van der Waals surface area contributed by atoms with E-state index in [9.17, 15) is 23.1 Å². The van der Waals surface area contributed by atoms with Crippen LogP contribution in [-0.2, 0) is 6.18 Å². The molecule has 1 aromatic heterocycles. The number of carbonyl (C=O) groups is 1. The highest BCUT2D eigenvalue weighted by Gasteiger charge is 2.33. The van der Waals surface area contributed by atoms with E-state index in [-0.39, 0.29) is 16.6 Å². The van der Waals surface area contributed by atoms with Crippen LogP contribution in [0.2, 0.25) is 0 Å². The Kier molecular flexibility index (Phi) is 3.76. The van der Waals surface area contributed by atoms with Crippen molar-refractivity contribution in [3.05, 3.63) is 36.0 Å². The molecule has 1 aromatic carbocycles. The second-order valence-corrected chi connectivity index (χ2v) is 5.84. The molecule has 2 rings (SSSR count). The number of aromatic nitrogens is 1. The molecule has 0 saturated heterocycles. The Hall–Kier alpha value is -2.31. The predicted octanol–water partition coefficient (Wildman–Crippen LogP) is 3.20. The van der Waals surface area contributed by atoms with Crippen molar-refractivity contribution in [1.82, 2.24) is 4.98 Å². The number of alkyl halides is 3. The van der Waals surface area contributed by atoms with Crippen molar-refractivity contribution < 1.29 is 23.1 Å². The third-order valence-corrected chi connectivity index (χ3v) is 3.11. The number of halogens is 3. The lowest BCUT2D eigenvalue weighted by Gasteiger charge is -2.37. The molecule has 22 heavy (non-hydrogen) atoms. The van der Waals surface area contributed by atoms with Crippen LogP contribution in [0.3, 0.4) is 0 Å². The van der Waals surface area contributed by atoms with Gasteiger partial charge in [-0.05, 0) is 32.9 Å². The number of rotatable bonds is 1. The molecule has 0 spiro atoms. The molecule has 0 atom stereocenters. The number of anilines is 1. The van der Waals surface area contributed by atoms with E-state index >= 15 is 0 Å². The zero-order valence-electron chi connectivity index (χ0n) is 12.2. The first-order valence-corrected chi connectivity index (χ1v) is 6.49. The SMILES string of the molecule is CC(C)(C)N(C(=O)[O-])c1cnc2c(C(F)(F)F)cccc2c1. The van der Waals surface area contributed by atoms with Crippen molar-refractivity contribution in [2.45, 2.75) is 32.5 Å². The number of carbonyl (C=O) groups excluding carboxylic acids is 1. The van der Waals surface area contributed by atoms with Gasteiger partial charge in [-0.1, -0.05) is 12.1 Å². The van der Waals surface area contributed by atoms with Gasteiger partial charge in [0.2, 0.25) is 0 Å². The molecule has 0 aliphatic heterocycles. The summed E-state index contributed by atoms with van der Waals surface area (Å²) in [5.41, 5.74) is -1.71. The number of nitrogens with zero attached hydrogens (tertiary/aromatic N) is 2. The summed E-state index contributed by atoms with van der Waals surface area (Å²) in [6, 6.07) is 5.02. The van der Waals surface area contributed by atoms with Gasteiger partial charge in [-0.25, -0.2) is 0 Å². The van der Waals surface area contributed by atoms with Gasteiger partial charge in [0.15, 0.2) is 0 Å². The minimum absolute atomic E-state index is 0.166. The Morgan fingerprint density at radius 3 is 2.36 bits per heavy atom. The highest BCUT2D eigenvalue weighted by Crippen LogP contribution is 2.35. The van der Waals surface area contributed by atoms with E-state index in [1.807, 2.05) is 0 Å². The number of benzene rings is 1. The number of hydrogen-bond donors (Lipinski definition) is 0. The minimum atomic E-state index is -4.52. The monoisotopic (exact) mass is 311 g/mol. The van der Waals surface area contributed by atoms with Crippen molar-refractivity contribution in [1.29, 1.82) is 0 Å². The van der Waals surface area contributed by atoms with Gasteiger partial charge in [0.25, 0.3) is 0 Å². The molecule has 0 N–H and O–H groups in total. The van der Waals surface area contributed by atoms with Crippen LogP contribution in [0.5, 0.6) is 0 Å². The van der Waals surface area contributed by atoms with E-state index in [2.05, 4.69) is 4.98 Å². The summed E-state index contributed by atoms with van der Waals surface area (Å²) in [6.07, 6.45) is -4.86. The maximum absolute atomic E-state index is 12.9. The van der Waals surface area contributed by atoms with Crippen molar-refractivity contribution in [3.8, 4) is 0 Å². The standard InChI is InChI=1S/C15H15F3N2O2/c1-14(2,3)20(13(21)22)10-7-9-5-4-6-11(15(16,17)18)12(9)19-8-10/h4-8H,1-3H3,(H,21,22)/p-1. The molecule has 118 valence electrons. The quantitative estimate of drug-likeness (QED) is 0.812. The molecule has 0 saturated carbocycles. The third-order valence-electron chi connectivity index (χ3n) is 3.11. The fraction of sp³-hybridized carbons (Fsp3) is 0.333. The van der Waals surface area contributed by atoms with Crippen LogP contribution < -0.4 is 10.0 Å². The fourth-order valence-electron chi connectivity index (χ4n) is 2.27. The van der Waals surface area contributed by atoms with Crippen LogP contribution in [0, 0.1) is 0 Å². The summed E-state index contributed by atoms with van der Waals surface area (Å²) < 4.78 is 38.8. The lowest BCUT2D eigenvalue weighted by molar-refractivity contribution is -0.247. The first-order valence-electron chi connectivity index (χ1n) is 6.49. The molecule has 0 aliphatic carbocycles. The van der Waals surface area contributed by atoms with E-state index < -0.39 is 23.4 Å². The minimum Gasteiger partial charge on any atom is -0.530 e. The average Bonchev–Trinajstić information content (AvgIpc) is 2.34. The Morgan fingerprint density at radius 2 is 1.86 bits per heavy atom. The van der Waals surface area contributed by atoms with Crippen LogP contribution >= 0.6 is 0 Å². The van der Waals surface area contributed by atoms with Gasteiger partial charge >= 0.3 is 6.18 Å². The van der Waals surface area contributed by atoms with Gasteiger partial charge in [-0.2, -0.15) is 13.2 Å². The van der Waals surface area contributed by atoms with Gasteiger partial charge < -0.3 is 14.8 Å². The predicted molar refractivity (Wildman–Crippen MR) is 74.4 cm³/mol. The Balaban J connectivity index is 2.64. The topological polar surface area (TPSA) is 56.3 Å². The zero-order valence-corrected chi connectivity index (χ0v) is 12.2.